The van der Waals surface area contributed by atoms with Gasteiger partial charge in [0.1, 0.15) is 24.1 Å². The highest BCUT2D eigenvalue weighted by Crippen LogP contribution is 2.41. The van der Waals surface area contributed by atoms with E-state index in [0.29, 0.717) is 49.4 Å². The third-order valence-corrected chi connectivity index (χ3v) is 6.83. The topological polar surface area (TPSA) is 74.6 Å². The van der Waals surface area contributed by atoms with Crippen LogP contribution >= 0.6 is 11.6 Å². The van der Waals surface area contributed by atoms with Crippen molar-refractivity contribution in [2.45, 2.75) is 50.4 Å². The summed E-state index contributed by atoms with van der Waals surface area (Å²) in [7, 11) is 0. The van der Waals surface area contributed by atoms with Gasteiger partial charge in [-0.2, -0.15) is 9.97 Å². The molecule has 3 aliphatic rings. The molecule has 2 aromatic heterocycles. The van der Waals surface area contributed by atoms with Gasteiger partial charge in [-0.3, -0.25) is 4.90 Å². The summed E-state index contributed by atoms with van der Waals surface area (Å²) in [6, 6.07) is 0.0305. The molecule has 30 heavy (non-hydrogen) atoms. The largest absolute Gasteiger partial charge is 0.461 e. The molecule has 5 heterocycles. The number of nitrogens with zero attached hydrogens (tertiary/aromatic N) is 5. The number of ether oxygens (including phenoxy) is 1. The highest BCUT2D eigenvalue weighted by atomic mass is 35.5. The Hall–Kier alpha value is -1.84. The van der Waals surface area contributed by atoms with Crippen molar-refractivity contribution in [3.05, 3.63) is 16.7 Å². The highest BCUT2D eigenvalue weighted by molar-refractivity contribution is 6.30. The Balaban J connectivity index is 1.53. The first-order chi connectivity index (χ1) is 14.4. The van der Waals surface area contributed by atoms with Crippen LogP contribution < -0.4 is 9.64 Å². The molecule has 3 fully saturated rings. The third kappa shape index (κ3) is 3.27. The van der Waals surface area contributed by atoms with Crippen LogP contribution in [-0.2, 0) is 0 Å². The van der Waals surface area contributed by atoms with Crippen LogP contribution in [0.4, 0.5) is 14.6 Å². The number of halogens is 3. The van der Waals surface area contributed by atoms with Crippen LogP contribution in [0.15, 0.2) is 0 Å². The zero-order chi connectivity index (χ0) is 21.0. The van der Waals surface area contributed by atoms with Crippen molar-refractivity contribution in [2.75, 3.05) is 37.7 Å². The Morgan fingerprint density at radius 2 is 2.10 bits per heavy atom. The van der Waals surface area contributed by atoms with Crippen molar-refractivity contribution in [3.8, 4) is 6.01 Å². The van der Waals surface area contributed by atoms with Gasteiger partial charge in [0.05, 0.1) is 22.7 Å². The molecule has 2 aromatic rings. The molecule has 0 spiro atoms. The number of β-amino-alcohol motifs (C(OH)–C–C–N with tert-alkyl or cyclic N) is 1. The second-order valence-corrected chi connectivity index (χ2v) is 8.97. The SMILES string of the molecule is Cc1nc(Cl)c(F)c2nc(OC[C@@]34CCCN3C[C@H](F)C4)nc(N3CC[C@@H](O)C3)c12. The minimum Gasteiger partial charge on any atom is -0.461 e. The van der Waals surface area contributed by atoms with Gasteiger partial charge >= 0.3 is 6.01 Å². The van der Waals surface area contributed by atoms with E-state index in [9.17, 15) is 13.9 Å². The first-order valence-electron chi connectivity index (χ1n) is 10.3. The van der Waals surface area contributed by atoms with E-state index in [1.54, 1.807) is 6.92 Å². The predicted molar refractivity (Wildman–Crippen MR) is 108 cm³/mol. The fourth-order valence-corrected chi connectivity index (χ4v) is 5.36. The summed E-state index contributed by atoms with van der Waals surface area (Å²) in [5, 5.41) is 10.2. The van der Waals surface area contributed by atoms with Crippen LogP contribution in [0.3, 0.4) is 0 Å². The van der Waals surface area contributed by atoms with Crippen molar-refractivity contribution in [3.63, 3.8) is 0 Å². The molecule has 0 unspecified atom stereocenters. The molecule has 162 valence electrons. The molecule has 0 bridgehead atoms. The third-order valence-electron chi connectivity index (χ3n) is 6.58. The lowest BCUT2D eigenvalue weighted by Gasteiger charge is -2.31. The predicted octanol–water partition coefficient (Wildman–Crippen LogP) is 2.65. The summed E-state index contributed by atoms with van der Waals surface area (Å²) in [5.74, 6) is -0.251. The number of aliphatic hydroxyl groups is 1. The molecular formula is C20H24ClF2N5O2. The first-order valence-corrected chi connectivity index (χ1v) is 10.7. The highest BCUT2D eigenvalue weighted by Gasteiger charge is 2.49. The molecule has 3 atom stereocenters. The van der Waals surface area contributed by atoms with E-state index in [4.69, 9.17) is 16.3 Å². The number of alkyl halides is 1. The second kappa shape index (κ2) is 7.39. The number of aromatic nitrogens is 3. The zero-order valence-corrected chi connectivity index (χ0v) is 17.5. The van der Waals surface area contributed by atoms with Crippen molar-refractivity contribution in [1.82, 2.24) is 19.9 Å². The number of anilines is 1. The molecule has 0 saturated carbocycles. The minimum absolute atomic E-state index is 0.0305. The fourth-order valence-electron chi connectivity index (χ4n) is 5.15. The molecule has 5 rings (SSSR count). The number of pyridine rings is 1. The molecule has 7 nitrogen and oxygen atoms in total. The van der Waals surface area contributed by atoms with E-state index in [1.165, 1.54) is 0 Å². The van der Waals surface area contributed by atoms with Gasteiger partial charge in [0, 0.05) is 26.1 Å². The maximum Gasteiger partial charge on any atom is 0.319 e. The van der Waals surface area contributed by atoms with Gasteiger partial charge in [-0.15, -0.1) is 0 Å². The van der Waals surface area contributed by atoms with Crippen LogP contribution in [-0.4, -0.2) is 75.6 Å². The Bertz CT molecular complexity index is 996. The van der Waals surface area contributed by atoms with Crippen LogP contribution in [0, 0.1) is 12.7 Å². The quantitative estimate of drug-likeness (QED) is 0.734. The molecule has 0 radical (unpaired) electrons. The van der Waals surface area contributed by atoms with Gasteiger partial charge < -0.3 is 14.7 Å². The van der Waals surface area contributed by atoms with Crippen LogP contribution in [0.5, 0.6) is 6.01 Å². The monoisotopic (exact) mass is 439 g/mol. The molecular weight excluding hydrogens is 416 g/mol. The summed E-state index contributed by atoms with van der Waals surface area (Å²) < 4.78 is 34.8. The van der Waals surface area contributed by atoms with Crippen LogP contribution in [0.2, 0.25) is 5.15 Å². The maximum absolute atomic E-state index is 14.8. The van der Waals surface area contributed by atoms with Gasteiger partial charge in [0.15, 0.2) is 11.0 Å². The number of aryl methyl sites for hydroxylation is 1. The van der Waals surface area contributed by atoms with Crippen molar-refractivity contribution >= 4 is 28.3 Å². The first kappa shape index (κ1) is 20.1. The van der Waals surface area contributed by atoms with Crippen molar-refractivity contribution in [1.29, 1.82) is 0 Å². The maximum atomic E-state index is 14.8. The van der Waals surface area contributed by atoms with E-state index in [-0.39, 0.29) is 28.8 Å². The van der Waals surface area contributed by atoms with Crippen LogP contribution in [0.25, 0.3) is 10.9 Å². The van der Waals surface area contributed by atoms with E-state index in [0.717, 1.165) is 19.4 Å². The Morgan fingerprint density at radius 3 is 2.87 bits per heavy atom. The van der Waals surface area contributed by atoms with E-state index in [2.05, 4.69) is 19.9 Å². The molecule has 0 aliphatic carbocycles. The fraction of sp³-hybridized carbons (Fsp3) is 0.650. The molecule has 0 aromatic carbocycles. The van der Waals surface area contributed by atoms with Crippen molar-refractivity contribution in [2.24, 2.45) is 0 Å². The van der Waals surface area contributed by atoms with E-state index >= 15 is 0 Å². The molecule has 0 amide bonds. The molecule has 10 heteroatoms. The average molecular weight is 440 g/mol. The Labute approximate surface area is 178 Å². The summed E-state index contributed by atoms with van der Waals surface area (Å²) >= 11 is 5.96. The van der Waals surface area contributed by atoms with Crippen LogP contribution in [0.1, 0.15) is 31.4 Å². The van der Waals surface area contributed by atoms with E-state index < -0.39 is 18.1 Å². The molecule has 3 aliphatic heterocycles. The molecule has 1 N–H and O–H groups in total. The summed E-state index contributed by atoms with van der Waals surface area (Å²) in [5.41, 5.74) is 0.201. The standard InChI is InChI=1S/C20H24ClF2N5O2/c1-11-14-16(15(23)17(21)24-11)25-19(26-18(14)27-6-3-13(29)9-27)30-10-20-4-2-5-28(20)8-12(22)7-20/h12-13,29H,2-10H2,1H3/t12-,13-,20+/m1/s1. The number of aliphatic hydroxyl groups excluding tert-OH is 1. The second-order valence-electron chi connectivity index (χ2n) is 8.61. The minimum atomic E-state index is -0.863. The summed E-state index contributed by atoms with van der Waals surface area (Å²) in [6.45, 7) is 4.22. The number of hydrogen-bond donors (Lipinski definition) is 1. The molecule has 3 saturated heterocycles. The number of fused-ring (bicyclic) bond motifs is 2. The van der Waals surface area contributed by atoms with Gasteiger partial charge in [-0.25, -0.2) is 13.8 Å². The normalized spacial score (nSPS) is 29.2. The van der Waals surface area contributed by atoms with Gasteiger partial charge in [0.25, 0.3) is 0 Å². The Morgan fingerprint density at radius 1 is 1.27 bits per heavy atom. The number of hydrogen-bond acceptors (Lipinski definition) is 7. The van der Waals surface area contributed by atoms with Gasteiger partial charge in [0.2, 0.25) is 0 Å². The lowest BCUT2D eigenvalue weighted by molar-refractivity contribution is 0.107. The number of rotatable bonds is 4. The van der Waals surface area contributed by atoms with Crippen molar-refractivity contribution < 1.29 is 18.6 Å². The lowest BCUT2D eigenvalue weighted by atomic mass is 9.95. The van der Waals surface area contributed by atoms with Gasteiger partial charge in [-0.05, 0) is 32.7 Å². The average Bonchev–Trinajstić information content (AvgIpc) is 3.37. The van der Waals surface area contributed by atoms with Gasteiger partial charge in [-0.1, -0.05) is 11.6 Å². The lowest BCUT2D eigenvalue weighted by Crippen LogP contribution is -2.43. The summed E-state index contributed by atoms with van der Waals surface area (Å²) in [6.07, 6.45) is 1.54. The van der Waals surface area contributed by atoms with E-state index in [1.807, 2.05) is 4.90 Å². The Kier molecular flexibility index (Phi) is 4.95. The zero-order valence-electron chi connectivity index (χ0n) is 16.7. The smallest absolute Gasteiger partial charge is 0.319 e. The summed E-state index contributed by atoms with van der Waals surface area (Å²) in [4.78, 5) is 17.0.